The molecule has 3 aromatic rings. The summed E-state index contributed by atoms with van der Waals surface area (Å²) in [7, 11) is 1.64. The van der Waals surface area contributed by atoms with E-state index in [9.17, 15) is 13.2 Å². The van der Waals surface area contributed by atoms with Gasteiger partial charge in [-0.25, -0.2) is 0 Å². The first-order chi connectivity index (χ1) is 9.36. The standard InChI is InChI=1S/C13H10F3N3O/c1-19-9(6-11(17)18-19)10-5-7-3-2-4-8(12(7)20-10)13(14,15)16/h2-6H,1H3,(H2,17,18). The Kier molecular flexibility index (Phi) is 2.53. The third kappa shape index (κ3) is 1.91. The summed E-state index contributed by atoms with van der Waals surface area (Å²) in [6, 6.07) is 7.00. The van der Waals surface area contributed by atoms with Gasteiger partial charge in [-0.15, -0.1) is 0 Å². The van der Waals surface area contributed by atoms with Gasteiger partial charge < -0.3 is 10.2 Å². The molecule has 0 aliphatic carbocycles. The number of nitrogens with two attached hydrogens (primary N) is 1. The van der Waals surface area contributed by atoms with Crippen molar-refractivity contribution in [3.8, 4) is 11.5 Å². The van der Waals surface area contributed by atoms with Crippen LogP contribution in [-0.2, 0) is 13.2 Å². The number of hydrogen-bond acceptors (Lipinski definition) is 3. The topological polar surface area (TPSA) is 57.0 Å². The number of fused-ring (bicyclic) bond motifs is 1. The number of benzene rings is 1. The van der Waals surface area contributed by atoms with E-state index >= 15 is 0 Å². The predicted octanol–water partition coefficient (Wildman–Crippen LogP) is 3.43. The van der Waals surface area contributed by atoms with Gasteiger partial charge in [0.2, 0.25) is 0 Å². The summed E-state index contributed by atoms with van der Waals surface area (Å²) in [4.78, 5) is 0. The van der Waals surface area contributed by atoms with Crippen LogP contribution < -0.4 is 5.73 Å². The maximum absolute atomic E-state index is 12.9. The number of hydrogen-bond donors (Lipinski definition) is 1. The molecule has 0 amide bonds. The van der Waals surface area contributed by atoms with Crippen molar-refractivity contribution >= 4 is 16.8 Å². The molecule has 2 N–H and O–H groups in total. The Morgan fingerprint density at radius 2 is 2.00 bits per heavy atom. The normalized spacial score (nSPS) is 12.2. The average molecular weight is 281 g/mol. The number of furan rings is 1. The van der Waals surface area contributed by atoms with Crippen molar-refractivity contribution in [2.75, 3.05) is 5.73 Å². The van der Waals surface area contributed by atoms with Crippen LogP contribution in [0.25, 0.3) is 22.4 Å². The van der Waals surface area contributed by atoms with E-state index in [-0.39, 0.29) is 11.4 Å². The molecule has 0 saturated heterocycles. The Balaban J connectivity index is 2.24. The van der Waals surface area contributed by atoms with Crippen LogP contribution in [0.1, 0.15) is 5.56 Å². The molecule has 0 radical (unpaired) electrons. The van der Waals surface area contributed by atoms with E-state index in [1.165, 1.54) is 10.7 Å². The minimum absolute atomic E-state index is 0.185. The summed E-state index contributed by atoms with van der Waals surface area (Å²) in [6.07, 6.45) is -4.46. The number of nitrogen functional groups attached to an aromatic ring is 1. The molecular weight excluding hydrogens is 271 g/mol. The van der Waals surface area contributed by atoms with Crippen LogP contribution in [0.4, 0.5) is 19.0 Å². The molecule has 2 aromatic heterocycles. The Labute approximate surface area is 111 Å². The number of nitrogens with zero attached hydrogens (tertiary/aromatic N) is 2. The molecule has 0 bridgehead atoms. The quantitative estimate of drug-likeness (QED) is 0.743. The second kappa shape index (κ2) is 4.03. The summed E-state index contributed by atoms with van der Waals surface area (Å²) < 4.78 is 45.6. The minimum Gasteiger partial charge on any atom is -0.454 e. The second-order valence-corrected chi connectivity index (χ2v) is 4.41. The highest BCUT2D eigenvalue weighted by Crippen LogP contribution is 2.38. The zero-order valence-electron chi connectivity index (χ0n) is 10.4. The van der Waals surface area contributed by atoms with Crippen molar-refractivity contribution in [2.24, 2.45) is 7.05 Å². The number of halogens is 3. The molecule has 3 rings (SSSR count). The molecule has 0 saturated carbocycles. The van der Waals surface area contributed by atoms with Crippen molar-refractivity contribution in [1.29, 1.82) is 0 Å². The van der Waals surface area contributed by atoms with E-state index in [0.717, 1.165) is 6.07 Å². The van der Waals surface area contributed by atoms with Crippen molar-refractivity contribution in [3.05, 3.63) is 35.9 Å². The first-order valence-corrected chi connectivity index (χ1v) is 5.76. The van der Waals surface area contributed by atoms with Gasteiger partial charge in [0.05, 0.1) is 5.56 Å². The SMILES string of the molecule is Cn1nc(N)cc1-c1cc2cccc(C(F)(F)F)c2o1. The summed E-state index contributed by atoms with van der Waals surface area (Å²) in [6.45, 7) is 0. The van der Waals surface area contributed by atoms with Crippen LogP contribution >= 0.6 is 0 Å². The summed E-state index contributed by atoms with van der Waals surface area (Å²) in [5.41, 5.74) is 5.10. The summed E-state index contributed by atoms with van der Waals surface area (Å²) in [5.74, 6) is 0.572. The lowest BCUT2D eigenvalue weighted by Crippen LogP contribution is -2.04. The molecule has 0 aliphatic heterocycles. The predicted molar refractivity (Wildman–Crippen MR) is 67.8 cm³/mol. The molecule has 20 heavy (non-hydrogen) atoms. The van der Waals surface area contributed by atoms with Gasteiger partial charge in [-0.3, -0.25) is 4.68 Å². The van der Waals surface area contributed by atoms with Gasteiger partial charge in [0.25, 0.3) is 0 Å². The van der Waals surface area contributed by atoms with E-state index in [0.29, 0.717) is 16.8 Å². The van der Waals surface area contributed by atoms with Gasteiger partial charge in [0, 0.05) is 18.5 Å². The number of anilines is 1. The molecule has 0 unspecified atom stereocenters. The smallest absolute Gasteiger partial charge is 0.420 e. The molecule has 7 heteroatoms. The van der Waals surface area contributed by atoms with Gasteiger partial charge in [-0.05, 0) is 12.1 Å². The van der Waals surface area contributed by atoms with Crippen molar-refractivity contribution in [3.63, 3.8) is 0 Å². The van der Waals surface area contributed by atoms with Crippen LogP contribution in [0, 0.1) is 0 Å². The van der Waals surface area contributed by atoms with Crippen LogP contribution in [0.2, 0.25) is 0 Å². The van der Waals surface area contributed by atoms with Crippen LogP contribution in [0.3, 0.4) is 0 Å². The number of para-hydroxylation sites is 1. The van der Waals surface area contributed by atoms with Crippen LogP contribution in [-0.4, -0.2) is 9.78 Å². The maximum Gasteiger partial charge on any atom is 0.420 e. The fraction of sp³-hybridized carbons (Fsp3) is 0.154. The van der Waals surface area contributed by atoms with Crippen molar-refractivity contribution in [2.45, 2.75) is 6.18 Å². The van der Waals surface area contributed by atoms with Crippen molar-refractivity contribution in [1.82, 2.24) is 9.78 Å². The lowest BCUT2D eigenvalue weighted by Gasteiger charge is -2.06. The number of aryl methyl sites for hydroxylation is 1. The van der Waals surface area contributed by atoms with Gasteiger partial charge in [0.15, 0.2) is 5.76 Å². The molecule has 4 nitrogen and oxygen atoms in total. The molecule has 0 atom stereocenters. The van der Waals surface area contributed by atoms with E-state index in [1.807, 2.05) is 0 Å². The monoisotopic (exact) mass is 281 g/mol. The van der Waals surface area contributed by atoms with Gasteiger partial charge >= 0.3 is 6.18 Å². The molecular formula is C13H10F3N3O. The van der Waals surface area contributed by atoms with E-state index < -0.39 is 11.7 Å². The first-order valence-electron chi connectivity index (χ1n) is 5.76. The van der Waals surface area contributed by atoms with Crippen LogP contribution in [0.5, 0.6) is 0 Å². The molecule has 104 valence electrons. The molecule has 0 spiro atoms. The lowest BCUT2D eigenvalue weighted by molar-refractivity contribution is -0.136. The van der Waals surface area contributed by atoms with Gasteiger partial charge in [0.1, 0.15) is 17.1 Å². The molecule has 2 heterocycles. The fourth-order valence-corrected chi connectivity index (χ4v) is 2.13. The Hall–Kier alpha value is -2.44. The molecule has 1 aromatic carbocycles. The van der Waals surface area contributed by atoms with Crippen molar-refractivity contribution < 1.29 is 17.6 Å². The number of rotatable bonds is 1. The summed E-state index contributed by atoms with van der Waals surface area (Å²) >= 11 is 0. The highest BCUT2D eigenvalue weighted by atomic mass is 19.4. The summed E-state index contributed by atoms with van der Waals surface area (Å²) in [5, 5.41) is 4.32. The zero-order chi connectivity index (χ0) is 14.5. The highest BCUT2D eigenvalue weighted by Gasteiger charge is 2.34. The number of aromatic nitrogens is 2. The Morgan fingerprint density at radius 3 is 2.60 bits per heavy atom. The Morgan fingerprint density at radius 1 is 1.25 bits per heavy atom. The fourth-order valence-electron chi connectivity index (χ4n) is 2.13. The number of alkyl halides is 3. The van der Waals surface area contributed by atoms with E-state index in [2.05, 4.69) is 5.10 Å². The Bertz CT molecular complexity index is 786. The largest absolute Gasteiger partial charge is 0.454 e. The van der Waals surface area contributed by atoms with E-state index in [1.54, 1.807) is 25.2 Å². The first kappa shape index (κ1) is 12.6. The average Bonchev–Trinajstić information content (AvgIpc) is 2.89. The lowest BCUT2D eigenvalue weighted by atomic mass is 10.1. The minimum atomic E-state index is -4.46. The maximum atomic E-state index is 12.9. The van der Waals surface area contributed by atoms with Gasteiger partial charge in [-0.2, -0.15) is 18.3 Å². The molecule has 0 aliphatic rings. The highest BCUT2D eigenvalue weighted by molar-refractivity contribution is 5.85. The third-order valence-corrected chi connectivity index (χ3v) is 3.00. The third-order valence-electron chi connectivity index (χ3n) is 3.00. The van der Waals surface area contributed by atoms with Crippen LogP contribution in [0.15, 0.2) is 34.7 Å². The zero-order valence-corrected chi connectivity index (χ0v) is 10.4. The second-order valence-electron chi connectivity index (χ2n) is 4.41. The van der Waals surface area contributed by atoms with Gasteiger partial charge in [-0.1, -0.05) is 12.1 Å². The molecule has 0 fully saturated rings. The van der Waals surface area contributed by atoms with E-state index in [4.69, 9.17) is 10.2 Å².